The van der Waals surface area contributed by atoms with E-state index in [0.717, 1.165) is 16.5 Å². The van der Waals surface area contributed by atoms with Crippen molar-refractivity contribution in [3.05, 3.63) is 30.6 Å². The summed E-state index contributed by atoms with van der Waals surface area (Å²) in [4.78, 5) is 17.0. The van der Waals surface area contributed by atoms with Gasteiger partial charge in [-0.2, -0.15) is 0 Å². The quantitative estimate of drug-likeness (QED) is 0.582. The summed E-state index contributed by atoms with van der Waals surface area (Å²) in [5, 5.41) is 8.04. The van der Waals surface area contributed by atoms with Gasteiger partial charge in [0.05, 0.1) is 0 Å². The Balaban J connectivity index is 2.00. The minimum absolute atomic E-state index is 0.0989. The van der Waals surface area contributed by atoms with Crippen molar-refractivity contribution in [2.75, 3.05) is 38.2 Å². The predicted molar refractivity (Wildman–Crippen MR) is 81.7 cm³/mol. The topological polar surface area (TPSA) is 83.3 Å². The first-order valence-corrected chi connectivity index (χ1v) is 6.41. The van der Waals surface area contributed by atoms with E-state index in [-0.39, 0.29) is 6.03 Å². The summed E-state index contributed by atoms with van der Waals surface area (Å²) in [7, 11) is 3.42. The number of nitrogen functional groups attached to an aromatic ring is 1. The number of nitrogens with zero attached hydrogens (tertiary/aromatic N) is 2. The Kier molecular flexibility index (Phi) is 4.24. The van der Waals surface area contributed by atoms with Gasteiger partial charge in [0.1, 0.15) is 0 Å². The fourth-order valence-electron chi connectivity index (χ4n) is 1.89. The molecule has 1 heterocycles. The zero-order valence-corrected chi connectivity index (χ0v) is 11.7. The molecule has 0 aliphatic heterocycles. The van der Waals surface area contributed by atoms with E-state index < -0.39 is 0 Å². The summed E-state index contributed by atoms with van der Waals surface area (Å²) < 4.78 is 0. The number of amides is 2. The van der Waals surface area contributed by atoms with Crippen LogP contribution in [0.2, 0.25) is 0 Å². The molecule has 0 saturated carbocycles. The van der Waals surface area contributed by atoms with Crippen LogP contribution in [0.1, 0.15) is 0 Å². The fraction of sp³-hybridized carbons (Fsp3) is 0.286. The van der Waals surface area contributed by atoms with Gasteiger partial charge in [-0.1, -0.05) is 0 Å². The van der Waals surface area contributed by atoms with E-state index in [1.54, 1.807) is 26.5 Å². The number of pyridine rings is 1. The number of benzene rings is 1. The third-order valence-electron chi connectivity index (χ3n) is 2.97. The summed E-state index contributed by atoms with van der Waals surface area (Å²) in [6, 6.07) is 5.61. The fourth-order valence-corrected chi connectivity index (χ4v) is 1.89. The number of anilines is 2. The maximum absolute atomic E-state index is 11.4. The van der Waals surface area contributed by atoms with Crippen LogP contribution in [0, 0.1) is 0 Å². The maximum atomic E-state index is 11.4. The van der Waals surface area contributed by atoms with Crippen molar-refractivity contribution < 1.29 is 4.79 Å². The van der Waals surface area contributed by atoms with Crippen LogP contribution in [-0.2, 0) is 0 Å². The lowest BCUT2D eigenvalue weighted by atomic mass is 10.1. The van der Waals surface area contributed by atoms with Crippen molar-refractivity contribution in [2.45, 2.75) is 0 Å². The van der Waals surface area contributed by atoms with Crippen LogP contribution >= 0.6 is 0 Å². The van der Waals surface area contributed by atoms with Crippen molar-refractivity contribution in [1.29, 1.82) is 0 Å². The number of carbonyl (C=O) groups is 1. The SMILES string of the molecule is CN(C)C(=O)NCCNc1ccc(N)c2cnccc12. The van der Waals surface area contributed by atoms with E-state index in [0.29, 0.717) is 18.8 Å². The number of nitrogens with two attached hydrogens (primary N) is 1. The lowest BCUT2D eigenvalue weighted by Gasteiger charge is -2.14. The summed E-state index contributed by atoms with van der Waals surface area (Å²) in [6.45, 7) is 1.19. The number of carbonyl (C=O) groups excluding carboxylic acids is 1. The molecular weight excluding hydrogens is 254 g/mol. The molecule has 1 aromatic heterocycles. The van der Waals surface area contributed by atoms with E-state index in [2.05, 4.69) is 15.6 Å². The zero-order chi connectivity index (χ0) is 14.5. The number of rotatable bonds is 4. The standard InChI is InChI=1S/C14H19N5O/c1-19(2)14(20)18-8-7-17-13-4-3-12(15)11-9-16-6-5-10(11)13/h3-6,9,17H,7-8,15H2,1-2H3,(H,18,20). The Labute approximate surface area is 118 Å². The molecule has 0 aliphatic rings. The Morgan fingerprint density at radius 1 is 1.25 bits per heavy atom. The second-order valence-corrected chi connectivity index (χ2v) is 4.68. The highest BCUT2D eigenvalue weighted by Crippen LogP contribution is 2.27. The molecular formula is C14H19N5O. The molecule has 20 heavy (non-hydrogen) atoms. The van der Waals surface area contributed by atoms with Gasteiger partial charge in [0.2, 0.25) is 0 Å². The first-order chi connectivity index (χ1) is 9.59. The van der Waals surface area contributed by atoms with Gasteiger partial charge in [-0.3, -0.25) is 4.98 Å². The lowest BCUT2D eigenvalue weighted by molar-refractivity contribution is 0.218. The number of urea groups is 1. The molecule has 0 saturated heterocycles. The van der Waals surface area contributed by atoms with Gasteiger partial charge in [-0.05, 0) is 18.2 Å². The van der Waals surface area contributed by atoms with Crippen LogP contribution in [-0.4, -0.2) is 43.1 Å². The monoisotopic (exact) mass is 273 g/mol. The van der Waals surface area contributed by atoms with Crippen LogP contribution in [0.15, 0.2) is 30.6 Å². The zero-order valence-electron chi connectivity index (χ0n) is 11.7. The average Bonchev–Trinajstić information content (AvgIpc) is 2.45. The van der Waals surface area contributed by atoms with Crippen molar-refractivity contribution >= 4 is 28.2 Å². The molecule has 0 bridgehead atoms. The summed E-state index contributed by atoms with van der Waals surface area (Å²) >= 11 is 0. The Hall–Kier alpha value is -2.50. The van der Waals surface area contributed by atoms with E-state index in [9.17, 15) is 4.79 Å². The number of fused-ring (bicyclic) bond motifs is 1. The van der Waals surface area contributed by atoms with Gasteiger partial charge in [-0.25, -0.2) is 4.79 Å². The third-order valence-corrected chi connectivity index (χ3v) is 2.97. The third kappa shape index (κ3) is 3.09. The van der Waals surface area contributed by atoms with Gasteiger partial charge in [0.25, 0.3) is 0 Å². The number of nitrogens with one attached hydrogen (secondary N) is 2. The van der Waals surface area contributed by atoms with E-state index in [4.69, 9.17) is 5.73 Å². The van der Waals surface area contributed by atoms with E-state index in [1.165, 1.54) is 4.90 Å². The molecule has 2 amide bonds. The molecule has 0 spiro atoms. The molecule has 4 N–H and O–H groups in total. The van der Waals surface area contributed by atoms with Gasteiger partial charge < -0.3 is 21.3 Å². The molecule has 6 heteroatoms. The Morgan fingerprint density at radius 2 is 2.05 bits per heavy atom. The molecule has 0 fully saturated rings. The van der Waals surface area contributed by atoms with Crippen LogP contribution in [0.5, 0.6) is 0 Å². The second-order valence-electron chi connectivity index (χ2n) is 4.68. The molecule has 0 unspecified atom stereocenters. The molecule has 0 atom stereocenters. The van der Waals surface area contributed by atoms with Crippen LogP contribution in [0.3, 0.4) is 0 Å². The van der Waals surface area contributed by atoms with Gasteiger partial charge in [0.15, 0.2) is 0 Å². The van der Waals surface area contributed by atoms with Crippen molar-refractivity contribution in [1.82, 2.24) is 15.2 Å². The van der Waals surface area contributed by atoms with E-state index in [1.807, 2.05) is 18.2 Å². The maximum Gasteiger partial charge on any atom is 0.316 e. The summed E-state index contributed by atoms with van der Waals surface area (Å²) in [5.74, 6) is 0. The second kappa shape index (κ2) is 6.10. The Morgan fingerprint density at radius 3 is 2.80 bits per heavy atom. The van der Waals surface area contributed by atoms with Gasteiger partial charge in [0, 0.05) is 61.7 Å². The van der Waals surface area contributed by atoms with Crippen molar-refractivity contribution in [2.24, 2.45) is 0 Å². The first-order valence-electron chi connectivity index (χ1n) is 6.41. The average molecular weight is 273 g/mol. The van der Waals surface area contributed by atoms with Crippen molar-refractivity contribution in [3.63, 3.8) is 0 Å². The molecule has 0 radical (unpaired) electrons. The largest absolute Gasteiger partial charge is 0.398 e. The highest BCUT2D eigenvalue weighted by atomic mass is 16.2. The van der Waals surface area contributed by atoms with Crippen LogP contribution in [0.4, 0.5) is 16.2 Å². The molecule has 1 aromatic carbocycles. The number of aromatic nitrogens is 1. The molecule has 2 rings (SSSR count). The van der Waals surface area contributed by atoms with Crippen LogP contribution in [0.25, 0.3) is 10.8 Å². The molecule has 2 aromatic rings. The molecule has 106 valence electrons. The van der Waals surface area contributed by atoms with Crippen LogP contribution < -0.4 is 16.4 Å². The predicted octanol–water partition coefficient (Wildman–Crippen LogP) is 1.50. The van der Waals surface area contributed by atoms with Gasteiger partial charge in [-0.15, -0.1) is 0 Å². The number of hydrogen-bond donors (Lipinski definition) is 3. The molecule has 6 nitrogen and oxygen atoms in total. The summed E-state index contributed by atoms with van der Waals surface area (Å²) in [5.41, 5.74) is 7.61. The summed E-state index contributed by atoms with van der Waals surface area (Å²) in [6.07, 6.45) is 3.49. The highest BCUT2D eigenvalue weighted by molar-refractivity contribution is 6.00. The smallest absolute Gasteiger partial charge is 0.316 e. The lowest BCUT2D eigenvalue weighted by Crippen LogP contribution is -2.37. The number of hydrogen-bond acceptors (Lipinski definition) is 4. The minimum Gasteiger partial charge on any atom is -0.398 e. The first kappa shape index (κ1) is 13.9. The minimum atomic E-state index is -0.0989. The normalized spacial score (nSPS) is 10.3. The Bertz CT molecular complexity index is 612. The highest BCUT2D eigenvalue weighted by Gasteiger charge is 2.04. The van der Waals surface area contributed by atoms with Gasteiger partial charge >= 0.3 is 6.03 Å². The molecule has 0 aliphatic carbocycles. The van der Waals surface area contributed by atoms with E-state index >= 15 is 0 Å². The van der Waals surface area contributed by atoms with Crippen molar-refractivity contribution in [3.8, 4) is 0 Å².